The maximum atomic E-state index is 13.0. The molecule has 1 fully saturated rings. The molecule has 3 heterocycles. The Morgan fingerprint density at radius 1 is 0.971 bits per heavy atom. The van der Waals surface area contributed by atoms with Crippen molar-refractivity contribution in [2.45, 2.75) is 0 Å². The molecule has 1 saturated heterocycles. The quantitative estimate of drug-likeness (QED) is 0.429. The van der Waals surface area contributed by atoms with E-state index in [2.05, 4.69) is 25.2 Å². The number of anilines is 1. The fraction of sp³-hybridized carbons (Fsp3) is 0.261. The maximum absolute atomic E-state index is 13.0. The molecule has 0 aliphatic carbocycles. The number of amides is 1. The number of halogens is 1. The minimum Gasteiger partial charge on any atom is -0.497 e. The Morgan fingerprint density at radius 3 is 2.38 bits per heavy atom. The fourth-order valence-electron chi connectivity index (χ4n) is 3.80. The van der Waals surface area contributed by atoms with Gasteiger partial charge in [-0.1, -0.05) is 5.21 Å². The van der Waals surface area contributed by atoms with E-state index in [1.54, 1.807) is 16.7 Å². The first-order chi connectivity index (χ1) is 16.6. The van der Waals surface area contributed by atoms with Gasteiger partial charge in [-0.15, -0.1) is 5.10 Å². The number of carbonyl (C=O) groups is 1. The van der Waals surface area contributed by atoms with Gasteiger partial charge in [0.1, 0.15) is 23.6 Å². The molecule has 2 aromatic carbocycles. The zero-order valence-electron chi connectivity index (χ0n) is 18.5. The summed E-state index contributed by atoms with van der Waals surface area (Å²) in [5, 5.41) is 8.59. The molecule has 174 valence electrons. The molecule has 0 N–H and O–H groups in total. The van der Waals surface area contributed by atoms with E-state index in [-0.39, 0.29) is 18.3 Å². The minimum absolute atomic E-state index is 0.0976. The van der Waals surface area contributed by atoms with Crippen LogP contribution in [0.25, 0.3) is 16.9 Å². The van der Waals surface area contributed by atoms with Crippen LogP contribution in [0.5, 0.6) is 11.5 Å². The van der Waals surface area contributed by atoms with Gasteiger partial charge in [0.05, 0.1) is 12.8 Å². The molecule has 0 radical (unpaired) electrons. The summed E-state index contributed by atoms with van der Waals surface area (Å²) in [6.45, 7) is 2.11. The highest BCUT2D eigenvalue weighted by Gasteiger charge is 2.25. The molecule has 1 aliphatic rings. The van der Waals surface area contributed by atoms with E-state index in [9.17, 15) is 9.18 Å². The van der Waals surface area contributed by atoms with Gasteiger partial charge in [0.25, 0.3) is 5.91 Å². The second-order valence-corrected chi connectivity index (χ2v) is 7.68. The number of benzene rings is 2. The summed E-state index contributed by atoms with van der Waals surface area (Å²) < 4.78 is 25.4. The number of hydrogen-bond donors (Lipinski definition) is 0. The van der Waals surface area contributed by atoms with Gasteiger partial charge in [-0.25, -0.2) is 14.4 Å². The van der Waals surface area contributed by atoms with Crippen molar-refractivity contribution in [1.29, 1.82) is 0 Å². The molecule has 2 aromatic heterocycles. The predicted molar refractivity (Wildman–Crippen MR) is 122 cm³/mol. The van der Waals surface area contributed by atoms with Crippen molar-refractivity contribution in [1.82, 2.24) is 29.9 Å². The molecule has 34 heavy (non-hydrogen) atoms. The number of hydrogen-bond acceptors (Lipinski definition) is 8. The lowest BCUT2D eigenvalue weighted by Crippen LogP contribution is -2.50. The number of aromatic nitrogens is 5. The van der Waals surface area contributed by atoms with Gasteiger partial charge < -0.3 is 19.3 Å². The second-order valence-electron chi connectivity index (χ2n) is 7.68. The summed E-state index contributed by atoms with van der Waals surface area (Å²) in [6.07, 6.45) is 1.50. The molecule has 0 saturated carbocycles. The van der Waals surface area contributed by atoms with Crippen LogP contribution in [0.1, 0.15) is 0 Å². The standard InChI is InChI=1S/C23H22FN7O3/c1-33-18-8-4-17(5-9-18)31-23-21(27-28-31)22(25-15-26-23)30-12-10-29(11-13-30)20(32)14-34-19-6-2-16(24)3-7-19/h2-9,15H,10-14H2,1H3. The van der Waals surface area contributed by atoms with Crippen LogP contribution in [-0.4, -0.2) is 75.7 Å². The van der Waals surface area contributed by atoms with E-state index in [0.29, 0.717) is 48.9 Å². The number of rotatable bonds is 6. The first-order valence-corrected chi connectivity index (χ1v) is 10.7. The molecule has 10 nitrogen and oxygen atoms in total. The van der Waals surface area contributed by atoms with Crippen molar-refractivity contribution in [3.63, 3.8) is 0 Å². The lowest BCUT2D eigenvalue weighted by atomic mass is 10.3. The molecule has 4 aromatic rings. The minimum atomic E-state index is -0.349. The van der Waals surface area contributed by atoms with E-state index in [4.69, 9.17) is 9.47 Å². The zero-order chi connectivity index (χ0) is 23.5. The summed E-state index contributed by atoms with van der Waals surface area (Å²) in [7, 11) is 1.62. The third kappa shape index (κ3) is 4.32. The first kappa shape index (κ1) is 21.6. The molecule has 11 heteroatoms. The Bertz CT molecular complexity index is 1290. The van der Waals surface area contributed by atoms with Crippen LogP contribution >= 0.6 is 0 Å². The van der Waals surface area contributed by atoms with Crippen LogP contribution in [0.4, 0.5) is 10.2 Å². The van der Waals surface area contributed by atoms with E-state index in [1.807, 2.05) is 24.3 Å². The van der Waals surface area contributed by atoms with Gasteiger partial charge in [0, 0.05) is 26.2 Å². The highest BCUT2D eigenvalue weighted by Crippen LogP contribution is 2.24. The highest BCUT2D eigenvalue weighted by atomic mass is 19.1. The van der Waals surface area contributed by atoms with Gasteiger partial charge >= 0.3 is 0 Å². The van der Waals surface area contributed by atoms with Crippen molar-refractivity contribution in [2.24, 2.45) is 0 Å². The average Bonchev–Trinajstić information content (AvgIpc) is 3.33. The summed E-state index contributed by atoms with van der Waals surface area (Å²) in [5.41, 5.74) is 2.00. The Hall–Kier alpha value is -4.28. The van der Waals surface area contributed by atoms with Crippen molar-refractivity contribution in [3.05, 3.63) is 60.7 Å². The van der Waals surface area contributed by atoms with Gasteiger partial charge in [0.2, 0.25) is 0 Å². The van der Waals surface area contributed by atoms with Crippen LogP contribution < -0.4 is 14.4 Å². The van der Waals surface area contributed by atoms with Crippen LogP contribution in [0.15, 0.2) is 54.9 Å². The molecular formula is C23H22FN7O3. The predicted octanol–water partition coefficient (Wildman–Crippen LogP) is 2.09. The monoisotopic (exact) mass is 463 g/mol. The third-order valence-electron chi connectivity index (χ3n) is 5.64. The van der Waals surface area contributed by atoms with Crippen LogP contribution in [0.3, 0.4) is 0 Å². The Kier molecular flexibility index (Phi) is 5.90. The van der Waals surface area contributed by atoms with Crippen molar-refractivity contribution in [2.75, 3.05) is 44.8 Å². The summed E-state index contributed by atoms with van der Waals surface area (Å²) in [5.74, 6) is 1.41. The van der Waals surface area contributed by atoms with Gasteiger partial charge in [0.15, 0.2) is 23.6 Å². The summed E-state index contributed by atoms with van der Waals surface area (Å²) in [6, 6.07) is 13.1. The highest BCUT2D eigenvalue weighted by molar-refractivity contribution is 5.84. The zero-order valence-corrected chi connectivity index (χ0v) is 18.5. The van der Waals surface area contributed by atoms with E-state index in [1.165, 1.54) is 30.6 Å². The number of carbonyl (C=O) groups excluding carboxylic acids is 1. The van der Waals surface area contributed by atoms with Crippen molar-refractivity contribution >= 4 is 22.9 Å². The first-order valence-electron chi connectivity index (χ1n) is 10.7. The number of piperazine rings is 1. The summed E-state index contributed by atoms with van der Waals surface area (Å²) >= 11 is 0. The Morgan fingerprint density at radius 2 is 1.68 bits per heavy atom. The fourth-order valence-corrected chi connectivity index (χ4v) is 3.80. The lowest BCUT2D eigenvalue weighted by molar-refractivity contribution is -0.133. The normalized spacial score (nSPS) is 13.8. The topological polar surface area (TPSA) is 98.5 Å². The van der Waals surface area contributed by atoms with Gasteiger partial charge in [-0.3, -0.25) is 4.79 Å². The van der Waals surface area contributed by atoms with Crippen LogP contribution in [0.2, 0.25) is 0 Å². The van der Waals surface area contributed by atoms with Crippen molar-refractivity contribution < 1.29 is 18.7 Å². The summed E-state index contributed by atoms with van der Waals surface area (Å²) in [4.78, 5) is 25.2. The number of ether oxygens (including phenoxy) is 2. The maximum Gasteiger partial charge on any atom is 0.260 e. The SMILES string of the molecule is COc1ccc(-n2nnc3c(N4CCN(C(=O)COc5ccc(F)cc5)CC4)ncnc32)cc1. The lowest BCUT2D eigenvalue weighted by Gasteiger charge is -2.35. The van der Waals surface area contributed by atoms with Crippen molar-refractivity contribution in [3.8, 4) is 17.2 Å². The molecule has 0 unspecified atom stereocenters. The number of methoxy groups -OCH3 is 1. The van der Waals surface area contributed by atoms with E-state index >= 15 is 0 Å². The number of fused-ring (bicyclic) bond motifs is 1. The second kappa shape index (κ2) is 9.30. The van der Waals surface area contributed by atoms with Gasteiger partial charge in [-0.05, 0) is 48.5 Å². The molecule has 0 bridgehead atoms. The van der Waals surface area contributed by atoms with E-state index < -0.39 is 0 Å². The number of nitrogens with zero attached hydrogens (tertiary/aromatic N) is 7. The van der Waals surface area contributed by atoms with Crippen LogP contribution in [-0.2, 0) is 4.79 Å². The van der Waals surface area contributed by atoms with Crippen LogP contribution in [0, 0.1) is 5.82 Å². The molecular weight excluding hydrogens is 441 g/mol. The molecule has 5 rings (SSSR count). The molecule has 0 atom stereocenters. The Labute approximate surface area is 194 Å². The van der Waals surface area contributed by atoms with Gasteiger partial charge in [-0.2, -0.15) is 4.68 Å². The smallest absolute Gasteiger partial charge is 0.260 e. The molecule has 0 spiro atoms. The Balaban J connectivity index is 1.25. The molecule has 1 aliphatic heterocycles. The average molecular weight is 463 g/mol. The largest absolute Gasteiger partial charge is 0.497 e. The molecule has 1 amide bonds. The third-order valence-corrected chi connectivity index (χ3v) is 5.64. The van der Waals surface area contributed by atoms with E-state index in [0.717, 1.165) is 11.4 Å².